The number of ether oxygens (including phenoxy) is 1. The highest BCUT2D eigenvalue weighted by molar-refractivity contribution is 7.89. The highest BCUT2D eigenvalue weighted by Crippen LogP contribution is 2.22. The van der Waals surface area contributed by atoms with Crippen molar-refractivity contribution in [1.82, 2.24) is 14.5 Å². The molecular weight excluding hydrogens is 354 g/mol. The van der Waals surface area contributed by atoms with Crippen molar-refractivity contribution in [1.29, 1.82) is 0 Å². The predicted molar refractivity (Wildman–Crippen MR) is 96.1 cm³/mol. The van der Waals surface area contributed by atoms with E-state index in [1.54, 1.807) is 12.1 Å². The molecule has 2 aromatic carbocycles. The molecule has 0 atom stereocenters. The van der Waals surface area contributed by atoms with Gasteiger partial charge >= 0.3 is 0 Å². The first kappa shape index (κ1) is 18.1. The van der Waals surface area contributed by atoms with Gasteiger partial charge in [0.2, 0.25) is 21.8 Å². The van der Waals surface area contributed by atoms with E-state index >= 15 is 0 Å². The largest absolute Gasteiger partial charge is 0.497 e. The fourth-order valence-corrected chi connectivity index (χ4v) is 3.45. The summed E-state index contributed by atoms with van der Waals surface area (Å²) >= 11 is 0. The van der Waals surface area contributed by atoms with Gasteiger partial charge in [-0.25, -0.2) is 8.42 Å². The summed E-state index contributed by atoms with van der Waals surface area (Å²) in [7, 11) is -0.681. The van der Waals surface area contributed by atoms with Crippen molar-refractivity contribution in [2.24, 2.45) is 0 Å². The first-order chi connectivity index (χ1) is 12.4. The van der Waals surface area contributed by atoms with Gasteiger partial charge in [-0.1, -0.05) is 17.7 Å². The number of nitrogens with zero attached hydrogens (tertiary/aromatic N) is 3. The van der Waals surface area contributed by atoms with Crippen molar-refractivity contribution in [2.45, 2.75) is 18.4 Å². The molecule has 0 saturated carbocycles. The standard InChI is InChI=1S/C18H19N3O4S/c1-13-4-6-14(7-5-13)18-20-19-17(25-18)12-21(2)26(22,23)16-10-8-15(24-3)9-11-16/h4-11H,12H2,1-3H3. The third-order valence-electron chi connectivity index (χ3n) is 3.89. The molecule has 0 saturated heterocycles. The predicted octanol–water partition coefficient (Wildman–Crippen LogP) is 2.87. The van der Waals surface area contributed by atoms with Crippen LogP contribution in [0, 0.1) is 6.92 Å². The highest BCUT2D eigenvalue weighted by atomic mass is 32.2. The molecule has 0 aliphatic heterocycles. The van der Waals surface area contributed by atoms with E-state index in [9.17, 15) is 8.42 Å². The Morgan fingerprint density at radius 3 is 2.31 bits per heavy atom. The van der Waals surface area contributed by atoms with Gasteiger partial charge in [-0.3, -0.25) is 0 Å². The molecule has 0 bridgehead atoms. The quantitative estimate of drug-likeness (QED) is 0.660. The molecule has 0 unspecified atom stereocenters. The van der Waals surface area contributed by atoms with Gasteiger partial charge in [0.05, 0.1) is 18.6 Å². The molecule has 0 amide bonds. The van der Waals surface area contributed by atoms with Gasteiger partial charge in [0, 0.05) is 12.6 Å². The van der Waals surface area contributed by atoms with E-state index in [0.717, 1.165) is 11.1 Å². The minimum atomic E-state index is -3.67. The maximum absolute atomic E-state index is 12.6. The monoisotopic (exact) mass is 373 g/mol. The highest BCUT2D eigenvalue weighted by Gasteiger charge is 2.23. The lowest BCUT2D eigenvalue weighted by Crippen LogP contribution is -2.26. The number of sulfonamides is 1. The molecular formula is C18H19N3O4S. The van der Waals surface area contributed by atoms with Gasteiger partial charge < -0.3 is 9.15 Å². The lowest BCUT2D eigenvalue weighted by molar-refractivity contribution is 0.399. The third kappa shape index (κ3) is 3.76. The maximum atomic E-state index is 12.6. The number of hydrogen-bond donors (Lipinski definition) is 0. The number of aryl methyl sites for hydroxylation is 1. The number of hydrogen-bond acceptors (Lipinski definition) is 6. The summed E-state index contributed by atoms with van der Waals surface area (Å²) in [5.41, 5.74) is 1.91. The van der Waals surface area contributed by atoms with Gasteiger partial charge in [-0.05, 0) is 43.3 Å². The molecule has 26 heavy (non-hydrogen) atoms. The Hall–Kier alpha value is -2.71. The third-order valence-corrected chi connectivity index (χ3v) is 5.71. The summed E-state index contributed by atoms with van der Waals surface area (Å²) in [5.74, 6) is 1.17. The van der Waals surface area contributed by atoms with Gasteiger partial charge in [0.25, 0.3) is 0 Å². The summed E-state index contributed by atoms with van der Waals surface area (Å²) in [4.78, 5) is 0.166. The van der Waals surface area contributed by atoms with Crippen molar-refractivity contribution in [3.8, 4) is 17.2 Å². The van der Waals surface area contributed by atoms with Gasteiger partial charge in [-0.2, -0.15) is 4.31 Å². The molecule has 1 aromatic heterocycles. The first-order valence-corrected chi connectivity index (χ1v) is 9.34. The molecule has 0 aliphatic rings. The molecule has 8 heteroatoms. The smallest absolute Gasteiger partial charge is 0.247 e. The number of rotatable bonds is 6. The Bertz CT molecular complexity index is 980. The minimum absolute atomic E-state index is 0.0206. The van der Waals surface area contributed by atoms with Crippen LogP contribution in [0.5, 0.6) is 5.75 Å². The van der Waals surface area contributed by atoms with Crippen molar-refractivity contribution < 1.29 is 17.6 Å². The van der Waals surface area contributed by atoms with Crippen LogP contribution in [0.25, 0.3) is 11.5 Å². The van der Waals surface area contributed by atoms with Crippen LogP contribution in [0.4, 0.5) is 0 Å². The van der Waals surface area contributed by atoms with Gasteiger partial charge in [-0.15, -0.1) is 10.2 Å². The zero-order valence-corrected chi connectivity index (χ0v) is 15.5. The zero-order chi connectivity index (χ0) is 18.7. The topological polar surface area (TPSA) is 85.5 Å². The molecule has 0 fully saturated rings. The Kier molecular flexibility index (Phi) is 5.06. The molecule has 0 N–H and O–H groups in total. The first-order valence-electron chi connectivity index (χ1n) is 7.90. The summed E-state index contributed by atoms with van der Waals surface area (Å²) in [6.07, 6.45) is 0. The van der Waals surface area contributed by atoms with E-state index in [-0.39, 0.29) is 17.3 Å². The molecule has 0 aliphatic carbocycles. The van der Waals surface area contributed by atoms with E-state index in [1.165, 1.54) is 30.6 Å². The minimum Gasteiger partial charge on any atom is -0.497 e. The van der Waals surface area contributed by atoms with E-state index in [4.69, 9.17) is 9.15 Å². The van der Waals surface area contributed by atoms with Crippen LogP contribution in [0.2, 0.25) is 0 Å². The average Bonchev–Trinajstić information content (AvgIpc) is 3.10. The van der Waals surface area contributed by atoms with Crippen molar-refractivity contribution >= 4 is 10.0 Å². The molecule has 0 radical (unpaired) electrons. The number of benzene rings is 2. The molecule has 0 spiro atoms. The molecule has 3 rings (SSSR count). The fourth-order valence-electron chi connectivity index (χ4n) is 2.33. The van der Waals surface area contributed by atoms with Crippen molar-refractivity contribution in [3.63, 3.8) is 0 Å². The average molecular weight is 373 g/mol. The van der Waals surface area contributed by atoms with Crippen LogP contribution in [0.1, 0.15) is 11.5 Å². The van der Waals surface area contributed by atoms with E-state index < -0.39 is 10.0 Å². The maximum Gasteiger partial charge on any atom is 0.247 e. The second kappa shape index (κ2) is 7.27. The van der Waals surface area contributed by atoms with Crippen LogP contribution in [-0.4, -0.2) is 37.1 Å². The Labute approximate surface area is 152 Å². The molecule has 1 heterocycles. The van der Waals surface area contributed by atoms with Crippen LogP contribution >= 0.6 is 0 Å². The second-order valence-corrected chi connectivity index (χ2v) is 7.85. The Balaban J connectivity index is 1.76. The summed E-state index contributed by atoms with van der Waals surface area (Å²) in [5, 5.41) is 7.94. The van der Waals surface area contributed by atoms with E-state index in [2.05, 4.69) is 10.2 Å². The van der Waals surface area contributed by atoms with Gasteiger partial charge in [0.15, 0.2) is 0 Å². The van der Waals surface area contributed by atoms with E-state index in [0.29, 0.717) is 11.6 Å². The lowest BCUT2D eigenvalue weighted by atomic mass is 10.1. The normalized spacial score (nSPS) is 11.7. The van der Waals surface area contributed by atoms with Crippen LogP contribution in [-0.2, 0) is 16.6 Å². The lowest BCUT2D eigenvalue weighted by Gasteiger charge is -2.15. The van der Waals surface area contributed by atoms with Crippen molar-refractivity contribution in [2.75, 3.05) is 14.2 Å². The Morgan fingerprint density at radius 2 is 1.69 bits per heavy atom. The fraction of sp³-hybridized carbons (Fsp3) is 0.222. The summed E-state index contributed by atoms with van der Waals surface area (Å²) in [6, 6.07) is 13.8. The van der Waals surface area contributed by atoms with Crippen molar-refractivity contribution in [3.05, 3.63) is 60.0 Å². The molecule has 136 valence electrons. The summed E-state index contributed by atoms with van der Waals surface area (Å²) < 4.78 is 37.1. The van der Waals surface area contributed by atoms with Crippen LogP contribution in [0.15, 0.2) is 57.8 Å². The van der Waals surface area contributed by atoms with Gasteiger partial charge in [0.1, 0.15) is 5.75 Å². The molecule has 7 nitrogen and oxygen atoms in total. The number of aromatic nitrogens is 2. The zero-order valence-electron chi connectivity index (χ0n) is 14.7. The Morgan fingerprint density at radius 1 is 1.04 bits per heavy atom. The molecule has 3 aromatic rings. The van der Waals surface area contributed by atoms with E-state index in [1.807, 2.05) is 31.2 Å². The SMILES string of the molecule is COc1ccc(S(=O)(=O)N(C)Cc2nnc(-c3ccc(C)cc3)o2)cc1. The number of methoxy groups -OCH3 is 1. The van der Waals surface area contributed by atoms with Crippen LogP contribution < -0.4 is 4.74 Å². The summed E-state index contributed by atoms with van der Waals surface area (Å²) in [6.45, 7) is 1.97. The second-order valence-electron chi connectivity index (χ2n) is 5.80. The van der Waals surface area contributed by atoms with Crippen LogP contribution in [0.3, 0.4) is 0 Å².